The van der Waals surface area contributed by atoms with Crippen molar-refractivity contribution in [3.8, 4) is 0 Å². The quantitative estimate of drug-likeness (QED) is 0.849. The van der Waals surface area contributed by atoms with Crippen LogP contribution in [0.2, 0.25) is 0 Å². The maximum absolute atomic E-state index is 11.6. The van der Waals surface area contributed by atoms with Crippen molar-refractivity contribution in [1.82, 2.24) is 10.2 Å². The lowest BCUT2D eigenvalue weighted by atomic mass is 10.3. The minimum absolute atomic E-state index is 0.0766. The minimum atomic E-state index is -0.245. The second-order valence-corrected chi connectivity index (χ2v) is 4.69. The fourth-order valence-electron chi connectivity index (χ4n) is 1.97. The van der Waals surface area contributed by atoms with Gasteiger partial charge in [-0.2, -0.15) is 0 Å². The van der Waals surface area contributed by atoms with Crippen molar-refractivity contribution in [3.05, 3.63) is 30.3 Å². The predicted octanol–water partition coefficient (Wildman–Crippen LogP) is 1.82. The monoisotopic (exact) mass is 261 g/mol. The molecule has 0 unspecified atom stereocenters. The predicted molar refractivity (Wildman–Crippen MR) is 73.9 cm³/mol. The highest BCUT2D eigenvalue weighted by Gasteiger charge is 2.30. The van der Waals surface area contributed by atoms with Crippen LogP contribution in [0.25, 0.3) is 0 Å². The number of benzene rings is 1. The van der Waals surface area contributed by atoms with Gasteiger partial charge in [0.15, 0.2) is 0 Å². The molecule has 1 aromatic carbocycles. The summed E-state index contributed by atoms with van der Waals surface area (Å²) in [6, 6.07) is 9.41. The van der Waals surface area contributed by atoms with Gasteiger partial charge in [-0.25, -0.2) is 4.79 Å². The van der Waals surface area contributed by atoms with Crippen LogP contribution in [0.1, 0.15) is 19.8 Å². The molecule has 0 saturated heterocycles. The molecule has 0 heterocycles. The fourth-order valence-corrected chi connectivity index (χ4v) is 1.97. The molecular weight excluding hydrogens is 242 g/mol. The van der Waals surface area contributed by atoms with Crippen LogP contribution in [0.3, 0.4) is 0 Å². The van der Waals surface area contributed by atoms with Crippen molar-refractivity contribution in [3.63, 3.8) is 0 Å². The van der Waals surface area contributed by atoms with Crippen LogP contribution in [0, 0.1) is 0 Å². The second-order valence-electron chi connectivity index (χ2n) is 4.69. The average Bonchev–Trinajstić information content (AvgIpc) is 3.19. The number of urea groups is 1. The minimum Gasteiger partial charge on any atom is -0.338 e. The zero-order valence-electron chi connectivity index (χ0n) is 11.1. The topological polar surface area (TPSA) is 61.4 Å². The number of anilines is 1. The van der Waals surface area contributed by atoms with Crippen LogP contribution < -0.4 is 10.6 Å². The van der Waals surface area contributed by atoms with E-state index in [9.17, 15) is 9.59 Å². The molecule has 2 rings (SSSR count). The van der Waals surface area contributed by atoms with Crippen LogP contribution in [0.4, 0.5) is 10.5 Å². The van der Waals surface area contributed by atoms with Crippen LogP contribution in [-0.2, 0) is 4.79 Å². The van der Waals surface area contributed by atoms with Gasteiger partial charge in [-0.1, -0.05) is 18.2 Å². The van der Waals surface area contributed by atoms with E-state index in [4.69, 9.17) is 0 Å². The summed E-state index contributed by atoms with van der Waals surface area (Å²) in [6.45, 7) is 2.61. The summed E-state index contributed by atoms with van der Waals surface area (Å²) in [7, 11) is 0. The van der Waals surface area contributed by atoms with Crippen LogP contribution >= 0.6 is 0 Å². The number of para-hydroxylation sites is 1. The first kappa shape index (κ1) is 13.4. The molecule has 2 N–H and O–H groups in total. The highest BCUT2D eigenvalue weighted by atomic mass is 16.2. The second kappa shape index (κ2) is 6.22. The van der Waals surface area contributed by atoms with Crippen molar-refractivity contribution >= 4 is 17.6 Å². The summed E-state index contributed by atoms with van der Waals surface area (Å²) in [6.07, 6.45) is 2.16. The Bertz CT molecular complexity index is 443. The van der Waals surface area contributed by atoms with E-state index in [1.54, 1.807) is 6.92 Å². The molecule has 19 heavy (non-hydrogen) atoms. The smallest absolute Gasteiger partial charge is 0.319 e. The maximum Gasteiger partial charge on any atom is 0.319 e. The molecule has 102 valence electrons. The van der Waals surface area contributed by atoms with Gasteiger partial charge >= 0.3 is 6.03 Å². The Hall–Kier alpha value is -2.04. The summed E-state index contributed by atoms with van der Waals surface area (Å²) >= 11 is 0. The summed E-state index contributed by atoms with van der Waals surface area (Å²) in [4.78, 5) is 24.8. The van der Waals surface area contributed by atoms with E-state index in [0.717, 1.165) is 18.5 Å². The van der Waals surface area contributed by atoms with Crippen molar-refractivity contribution in [2.45, 2.75) is 25.8 Å². The Balaban J connectivity index is 1.70. The van der Waals surface area contributed by atoms with Crippen molar-refractivity contribution in [1.29, 1.82) is 0 Å². The number of rotatable bonds is 5. The number of nitrogens with zero attached hydrogens (tertiary/aromatic N) is 1. The van der Waals surface area contributed by atoms with Crippen molar-refractivity contribution in [2.24, 2.45) is 0 Å². The van der Waals surface area contributed by atoms with Crippen molar-refractivity contribution < 1.29 is 9.59 Å². The standard InChI is InChI=1S/C14H19N3O2/c1-11(18)17(13-7-8-13)10-9-15-14(19)16-12-5-3-2-4-6-12/h2-6,13H,7-10H2,1H3,(H2,15,16,19). The molecule has 1 fully saturated rings. The SMILES string of the molecule is CC(=O)N(CCNC(=O)Nc1ccccc1)C1CC1. The molecule has 1 aliphatic carbocycles. The van der Waals surface area contributed by atoms with Gasteiger partial charge in [0, 0.05) is 31.7 Å². The fraction of sp³-hybridized carbons (Fsp3) is 0.429. The molecule has 0 radical (unpaired) electrons. The van der Waals surface area contributed by atoms with E-state index in [-0.39, 0.29) is 11.9 Å². The molecule has 5 nitrogen and oxygen atoms in total. The van der Waals surface area contributed by atoms with Gasteiger partial charge in [-0.3, -0.25) is 4.79 Å². The summed E-state index contributed by atoms with van der Waals surface area (Å²) in [5, 5.41) is 5.49. The zero-order chi connectivity index (χ0) is 13.7. The van der Waals surface area contributed by atoms with Crippen LogP contribution in [-0.4, -0.2) is 36.0 Å². The lowest BCUT2D eigenvalue weighted by Gasteiger charge is -2.20. The number of hydrogen-bond acceptors (Lipinski definition) is 2. The number of nitrogens with one attached hydrogen (secondary N) is 2. The number of hydrogen-bond donors (Lipinski definition) is 2. The van der Waals surface area contributed by atoms with E-state index in [2.05, 4.69) is 10.6 Å². The van der Waals surface area contributed by atoms with Crippen LogP contribution in [0.15, 0.2) is 30.3 Å². The first-order valence-corrected chi connectivity index (χ1v) is 6.54. The van der Waals surface area contributed by atoms with Gasteiger partial charge in [0.1, 0.15) is 0 Å². The molecule has 1 aromatic rings. The van der Waals surface area contributed by atoms with Gasteiger partial charge in [0.2, 0.25) is 5.91 Å². The van der Waals surface area contributed by atoms with Gasteiger partial charge in [-0.05, 0) is 25.0 Å². The normalized spacial score (nSPS) is 13.7. The highest BCUT2D eigenvalue weighted by Crippen LogP contribution is 2.26. The maximum atomic E-state index is 11.6. The first-order chi connectivity index (χ1) is 9.16. The Kier molecular flexibility index (Phi) is 4.39. The summed E-state index contributed by atoms with van der Waals surface area (Å²) in [5.74, 6) is 0.0766. The molecule has 0 atom stereocenters. The molecule has 1 saturated carbocycles. The molecule has 5 heteroatoms. The zero-order valence-corrected chi connectivity index (χ0v) is 11.1. The summed E-state index contributed by atoms with van der Waals surface area (Å²) < 4.78 is 0. The Morgan fingerprint density at radius 2 is 1.95 bits per heavy atom. The summed E-state index contributed by atoms with van der Waals surface area (Å²) in [5.41, 5.74) is 0.755. The van der Waals surface area contributed by atoms with Gasteiger partial charge in [-0.15, -0.1) is 0 Å². The molecule has 3 amide bonds. The van der Waals surface area contributed by atoms with Crippen LogP contribution in [0.5, 0.6) is 0 Å². The molecule has 0 bridgehead atoms. The molecule has 0 spiro atoms. The van der Waals surface area contributed by atoms with E-state index in [1.165, 1.54) is 0 Å². The Labute approximate surface area is 113 Å². The Morgan fingerprint density at radius 3 is 2.53 bits per heavy atom. The number of carbonyl (C=O) groups is 2. The van der Waals surface area contributed by atoms with Crippen molar-refractivity contribution in [2.75, 3.05) is 18.4 Å². The van der Waals surface area contributed by atoms with Gasteiger partial charge in [0.25, 0.3) is 0 Å². The number of amides is 3. The molecular formula is C14H19N3O2. The van der Waals surface area contributed by atoms with E-state index < -0.39 is 0 Å². The highest BCUT2D eigenvalue weighted by molar-refractivity contribution is 5.89. The first-order valence-electron chi connectivity index (χ1n) is 6.54. The van der Waals surface area contributed by atoms with E-state index in [1.807, 2.05) is 35.2 Å². The van der Waals surface area contributed by atoms with E-state index in [0.29, 0.717) is 19.1 Å². The average molecular weight is 261 g/mol. The third-order valence-electron chi connectivity index (χ3n) is 3.06. The molecule has 0 aromatic heterocycles. The van der Waals surface area contributed by atoms with Gasteiger partial charge < -0.3 is 15.5 Å². The lowest BCUT2D eigenvalue weighted by molar-refractivity contribution is -0.129. The third-order valence-corrected chi connectivity index (χ3v) is 3.06. The Morgan fingerprint density at radius 1 is 1.26 bits per heavy atom. The largest absolute Gasteiger partial charge is 0.338 e. The van der Waals surface area contributed by atoms with Gasteiger partial charge in [0.05, 0.1) is 0 Å². The third kappa shape index (κ3) is 4.28. The van der Waals surface area contributed by atoms with E-state index >= 15 is 0 Å². The lowest BCUT2D eigenvalue weighted by Crippen LogP contribution is -2.40. The number of carbonyl (C=O) groups excluding carboxylic acids is 2. The molecule has 0 aliphatic heterocycles. The molecule has 1 aliphatic rings.